The second-order valence-electron chi connectivity index (χ2n) is 5.11. The fraction of sp³-hybridized carbons (Fsp3) is 0.312. The molecule has 1 N–H and O–H groups in total. The first kappa shape index (κ1) is 15.0. The normalized spacial score (nSPS) is 12.1. The Bertz CT molecular complexity index is 720. The zero-order chi connectivity index (χ0) is 15.6. The molecule has 5 heteroatoms. The number of rotatable bonds is 4. The fourth-order valence-corrected chi connectivity index (χ4v) is 2.52. The summed E-state index contributed by atoms with van der Waals surface area (Å²) in [5, 5.41) is 9.22. The third-order valence-corrected chi connectivity index (χ3v) is 3.67. The average Bonchev–Trinajstić information content (AvgIpc) is 2.44. The minimum atomic E-state index is -0.923. The van der Waals surface area contributed by atoms with Crippen LogP contribution in [-0.2, 0) is 11.3 Å². The molecule has 0 saturated carbocycles. The summed E-state index contributed by atoms with van der Waals surface area (Å²) >= 11 is 0. The molecule has 0 aliphatic carbocycles. The number of hydrogen-bond acceptors (Lipinski definition) is 3. The van der Waals surface area contributed by atoms with E-state index in [4.69, 9.17) is 0 Å². The van der Waals surface area contributed by atoms with Crippen LogP contribution in [0.5, 0.6) is 0 Å². The molecule has 21 heavy (non-hydrogen) atoms. The van der Waals surface area contributed by atoms with Crippen LogP contribution in [0, 0.1) is 13.8 Å². The molecule has 0 radical (unpaired) electrons. The molecule has 1 unspecified atom stereocenters. The summed E-state index contributed by atoms with van der Waals surface area (Å²) in [4.78, 5) is 27.3. The number of hydrogen-bond donors (Lipinski definition) is 1. The minimum Gasteiger partial charge on any atom is -0.481 e. The van der Waals surface area contributed by atoms with Gasteiger partial charge < -0.3 is 5.11 Å². The Kier molecular flexibility index (Phi) is 4.21. The highest BCUT2D eigenvalue weighted by molar-refractivity contribution is 5.76. The maximum absolute atomic E-state index is 12.1. The Morgan fingerprint density at radius 3 is 2.48 bits per heavy atom. The summed E-state index contributed by atoms with van der Waals surface area (Å²) < 4.78 is 1.52. The van der Waals surface area contributed by atoms with E-state index < -0.39 is 11.9 Å². The van der Waals surface area contributed by atoms with Crippen molar-refractivity contribution in [2.45, 2.75) is 33.2 Å². The third kappa shape index (κ3) is 3.02. The molecule has 1 heterocycles. The molecule has 0 aliphatic heterocycles. The Morgan fingerprint density at radius 2 is 1.90 bits per heavy atom. The van der Waals surface area contributed by atoms with Gasteiger partial charge in [0.15, 0.2) is 0 Å². The lowest BCUT2D eigenvalue weighted by Gasteiger charge is -2.18. The van der Waals surface area contributed by atoms with Crippen molar-refractivity contribution in [1.82, 2.24) is 9.55 Å². The van der Waals surface area contributed by atoms with Crippen molar-refractivity contribution in [3.05, 3.63) is 63.3 Å². The van der Waals surface area contributed by atoms with Gasteiger partial charge in [-0.25, -0.2) is 4.79 Å². The molecule has 0 fully saturated rings. The van der Waals surface area contributed by atoms with E-state index in [-0.39, 0.29) is 5.69 Å². The Labute approximate surface area is 122 Å². The van der Waals surface area contributed by atoms with Crippen LogP contribution in [0.4, 0.5) is 0 Å². The second kappa shape index (κ2) is 5.91. The van der Waals surface area contributed by atoms with Gasteiger partial charge in [-0.1, -0.05) is 30.3 Å². The number of aromatic nitrogens is 2. The van der Waals surface area contributed by atoms with Crippen LogP contribution in [0.2, 0.25) is 0 Å². The van der Waals surface area contributed by atoms with E-state index in [2.05, 4.69) is 4.98 Å². The number of carbonyl (C=O) groups is 1. The van der Waals surface area contributed by atoms with Gasteiger partial charge in [0.25, 0.3) is 0 Å². The molecule has 1 aromatic carbocycles. The zero-order valence-electron chi connectivity index (χ0n) is 12.3. The molecule has 0 bridgehead atoms. The number of carboxylic acid groups (broad SMARTS) is 1. The Morgan fingerprint density at radius 1 is 1.29 bits per heavy atom. The second-order valence-corrected chi connectivity index (χ2v) is 5.11. The van der Waals surface area contributed by atoms with Crippen LogP contribution < -0.4 is 5.69 Å². The summed E-state index contributed by atoms with van der Waals surface area (Å²) in [5.74, 6) is -1.62. The van der Waals surface area contributed by atoms with Crippen molar-refractivity contribution in [3.8, 4) is 0 Å². The molecule has 5 nitrogen and oxygen atoms in total. The van der Waals surface area contributed by atoms with Gasteiger partial charge in [0.2, 0.25) is 0 Å². The number of carboxylic acids is 1. The van der Waals surface area contributed by atoms with Gasteiger partial charge in [-0.3, -0.25) is 9.36 Å². The number of aryl methyl sites for hydroxylation is 1. The van der Waals surface area contributed by atoms with Crippen molar-refractivity contribution in [3.63, 3.8) is 0 Å². The first-order chi connectivity index (χ1) is 9.91. The lowest BCUT2D eigenvalue weighted by Crippen LogP contribution is -2.29. The van der Waals surface area contributed by atoms with Gasteiger partial charge in [-0.05, 0) is 26.3 Å². The molecular weight excluding hydrogens is 268 g/mol. The predicted molar refractivity (Wildman–Crippen MR) is 79.6 cm³/mol. The summed E-state index contributed by atoms with van der Waals surface area (Å²) in [6.07, 6.45) is 0. The molecular formula is C16H18N2O3. The smallest absolute Gasteiger partial charge is 0.348 e. The van der Waals surface area contributed by atoms with E-state index in [9.17, 15) is 14.7 Å². The van der Waals surface area contributed by atoms with Gasteiger partial charge in [0, 0.05) is 17.0 Å². The summed E-state index contributed by atoms with van der Waals surface area (Å²) in [6, 6.07) is 9.55. The predicted octanol–water partition coefficient (Wildman–Crippen LogP) is 2.10. The fourth-order valence-electron chi connectivity index (χ4n) is 2.52. The van der Waals surface area contributed by atoms with Gasteiger partial charge in [0.05, 0.1) is 12.5 Å². The van der Waals surface area contributed by atoms with Crippen LogP contribution in [0.25, 0.3) is 0 Å². The average molecular weight is 286 g/mol. The van der Waals surface area contributed by atoms with Gasteiger partial charge in [-0.2, -0.15) is 4.98 Å². The molecule has 2 rings (SSSR count). The largest absolute Gasteiger partial charge is 0.481 e. The van der Waals surface area contributed by atoms with Crippen LogP contribution in [0.3, 0.4) is 0 Å². The summed E-state index contributed by atoms with van der Waals surface area (Å²) in [5.41, 5.74) is 2.37. The third-order valence-electron chi connectivity index (χ3n) is 3.67. The first-order valence-corrected chi connectivity index (χ1v) is 6.76. The highest BCUT2D eigenvalue weighted by atomic mass is 16.4. The Balaban J connectivity index is 2.54. The van der Waals surface area contributed by atoms with Gasteiger partial charge >= 0.3 is 11.7 Å². The SMILES string of the molecule is Cc1nc(=O)n(Cc2ccccc2)c(C)c1C(C)C(=O)O. The monoisotopic (exact) mass is 286 g/mol. The molecule has 0 aliphatic rings. The Hall–Kier alpha value is -2.43. The molecule has 0 amide bonds. The maximum atomic E-state index is 12.1. The van der Waals surface area contributed by atoms with Crippen molar-refractivity contribution < 1.29 is 9.90 Å². The molecule has 110 valence electrons. The van der Waals surface area contributed by atoms with Crippen molar-refractivity contribution in [2.24, 2.45) is 0 Å². The standard InChI is InChI=1S/C16H18N2O3/c1-10(15(19)20)14-11(2)17-16(21)18(12(14)3)9-13-7-5-4-6-8-13/h4-8,10H,9H2,1-3H3,(H,19,20). The van der Waals surface area contributed by atoms with E-state index in [1.807, 2.05) is 30.3 Å². The first-order valence-electron chi connectivity index (χ1n) is 6.76. The van der Waals surface area contributed by atoms with Crippen LogP contribution in [-0.4, -0.2) is 20.6 Å². The molecule has 1 atom stereocenters. The number of nitrogens with zero attached hydrogens (tertiary/aromatic N) is 2. The number of aliphatic carboxylic acids is 1. The quantitative estimate of drug-likeness (QED) is 0.934. The van der Waals surface area contributed by atoms with Crippen molar-refractivity contribution >= 4 is 5.97 Å². The maximum Gasteiger partial charge on any atom is 0.348 e. The molecule has 0 spiro atoms. The van der Waals surface area contributed by atoms with Crippen molar-refractivity contribution in [2.75, 3.05) is 0 Å². The topological polar surface area (TPSA) is 72.2 Å². The summed E-state index contributed by atoms with van der Waals surface area (Å²) in [6.45, 7) is 5.44. The van der Waals surface area contributed by atoms with Gasteiger partial charge in [-0.15, -0.1) is 0 Å². The summed E-state index contributed by atoms with van der Waals surface area (Å²) in [7, 11) is 0. The van der Waals surface area contributed by atoms with E-state index in [1.54, 1.807) is 20.8 Å². The van der Waals surface area contributed by atoms with Crippen molar-refractivity contribution in [1.29, 1.82) is 0 Å². The zero-order valence-corrected chi connectivity index (χ0v) is 12.3. The van der Waals surface area contributed by atoms with E-state index in [0.29, 0.717) is 23.5 Å². The van der Waals surface area contributed by atoms with E-state index in [0.717, 1.165) is 5.56 Å². The highest BCUT2D eigenvalue weighted by Crippen LogP contribution is 2.21. The van der Waals surface area contributed by atoms with Crippen LogP contribution >= 0.6 is 0 Å². The van der Waals surface area contributed by atoms with E-state index in [1.165, 1.54) is 4.57 Å². The highest BCUT2D eigenvalue weighted by Gasteiger charge is 2.22. The van der Waals surface area contributed by atoms with Gasteiger partial charge in [0.1, 0.15) is 0 Å². The lowest BCUT2D eigenvalue weighted by atomic mass is 9.98. The number of benzene rings is 1. The molecule has 2 aromatic rings. The van der Waals surface area contributed by atoms with E-state index >= 15 is 0 Å². The lowest BCUT2D eigenvalue weighted by molar-refractivity contribution is -0.138. The molecule has 1 aromatic heterocycles. The van der Waals surface area contributed by atoms with Crippen LogP contribution in [0.1, 0.15) is 35.4 Å². The molecule has 0 saturated heterocycles. The minimum absolute atomic E-state index is 0.352. The van der Waals surface area contributed by atoms with Crippen LogP contribution in [0.15, 0.2) is 35.1 Å².